The number of unbranched alkanes of at least 4 members (excludes halogenated alkanes) is 1. The first kappa shape index (κ1) is 30.8. The molecule has 0 unspecified atom stereocenters. The zero-order chi connectivity index (χ0) is 26.6. The minimum atomic E-state index is -1.10. The van der Waals surface area contributed by atoms with E-state index in [-0.39, 0.29) is 24.3 Å². The first-order chi connectivity index (χ1) is 16.4. The van der Waals surface area contributed by atoms with Gasteiger partial charge in [-0.25, -0.2) is 5.06 Å². The van der Waals surface area contributed by atoms with Gasteiger partial charge >= 0.3 is 0 Å². The van der Waals surface area contributed by atoms with Crippen molar-refractivity contribution in [1.29, 1.82) is 0 Å². The van der Waals surface area contributed by atoms with Crippen LogP contribution in [0.4, 0.5) is 0 Å². The Bertz CT molecular complexity index is 781. The van der Waals surface area contributed by atoms with E-state index < -0.39 is 23.5 Å². The van der Waals surface area contributed by atoms with Crippen LogP contribution in [0.15, 0.2) is 24.3 Å². The normalized spacial score (nSPS) is 14.3. The maximum atomic E-state index is 12.9. The predicted molar refractivity (Wildman–Crippen MR) is 135 cm³/mol. The number of hydrogen-bond donors (Lipinski definition) is 4. The molecule has 0 fully saturated rings. The molecule has 35 heavy (non-hydrogen) atoms. The lowest BCUT2D eigenvalue weighted by Crippen LogP contribution is -2.48. The monoisotopic (exact) mass is 495 g/mol. The number of aliphatic hydroxyl groups is 1. The second kappa shape index (κ2) is 15.0. The van der Waals surface area contributed by atoms with Crippen LogP contribution in [0.25, 0.3) is 0 Å². The van der Waals surface area contributed by atoms with Crippen molar-refractivity contribution in [1.82, 2.24) is 10.4 Å². The zero-order valence-electron chi connectivity index (χ0n) is 22.1. The van der Waals surface area contributed by atoms with Gasteiger partial charge in [-0.05, 0) is 43.2 Å². The molecule has 0 aromatic heterocycles. The van der Waals surface area contributed by atoms with Crippen LogP contribution >= 0.6 is 0 Å². The molecule has 0 radical (unpaired) electrons. The quantitative estimate of drug-likeness (QED) is 0.167. The molecule has 9 heteroatoms. The molecule has 1 aromatic rings. The molecule has 2 amide bonds. The molecule has 3 atom stereocenters. The van der Waals surface area contributed by atoms with Gasteiger partial charge in [-0.2, -0.15) is 0 Å². The van der Waals surface area contributed by atoms with Crippen molar-refractivity contribution in [2.75, 3.05) is 33.4 Å². The van der Waals surface area contributed by atoms with E-state index in [0.717, 1.165) is 12.8 Å². The van der Waals surface area contributed by atoms with Gasteiger partial charge in [-0.15, -0.1) is 0 Å². The predicted octanol–water partition coefficient (Wildman–Crippen LogP) is 2.84. The summed E-state index contributed by atoms with van der Waals surface area (Å²) in [6.07, 6.45) is 1.02. The third kappa shape index (κ3) is 10.9. The van der Waals surface area contributed by atoms with Crippen molar-refractivity contribution in [3.63, 3.8) is 0 Å². The molecule has 0 aliphatic carbocycles. The van der Waals surface area contributed by atoms with Crippen LogP contribution in [0.5, 0.6) is 5.75 Å². The smallest absolute Gasteiger partial charge is 0.255 e. The molecule has 0 bridgehead atoms. The van der Waals surface area contributed by atoms with Crippen molar-refractivity contribution in [3.8, 4) is 5.75 Å². The van der Waals surface area contributed by atoms with Crippen LogP contribution in [-0.4, -0.2) is 72.8 Å². The maximum Gasteiger partial charge on any atom is 0.255 e. The van der Waals surface area contributed by atoms with Gasteiger partial charge in [0.05, 0.1) is 24.8 Å². The summed E-state index contributed by atoms with van der Waals surface area (Å²) < 4.78 is 10.9. The second-order valence-corrected chi connectivity index (χ2v) is 10.4. The standard InChI is InChI=1S/C26H45N3O6/c1-18(2)19(15-21(27)22(30)17-29(33)25(32)26(3,4)5)16-28-24(31)20-11-7-8-12-23(20)35-14-10-9-13-34-6/h7-8,11-12,18-19,21-22,30,33H,9-10,13-17,27H2,1-6H3,(H,28,31)/t19-,21+,22+/m1/s1. The molecule has 5 N–H and O–H groups in total. The SMILES string of the molecule is COCCCCOc1ccccc1C(=O)NC[C@@H](C[C@H](N)[C@@H](O)CN(O)C(=O)C(C)(C)C)C(C)C. The van der Waals surface area contributed by atoms with Crippen molar-refractivity contribution in [2.24, 2.45) is 23.0 Å². The number of rotatable bonds is 15. The van der Waals surface area contributed by atoms with Gasteiger partial charge in [-0.3, -0.25) is 14.8 Å². The molecule has 1 aromatic carbocycles. The van der Waals surface area contributed by atoms with Gasteiger partial charge in [0.15, 0.2) is 0 Å². The highest BCUT2D eigenvalue weighted by Crippen LogP contribution is 2.21. The first-order valence-corrected chi connectivity index (χ1v) is 12.3. The van der Waals surface area contributed by atoms with Crippen LogP contribution in [-0.2, 0) is 9.53 Å². The number of hydrogen-bond acceptors (Lipinski definition) is 7. The van der Waals surface area contributed by atoms with E-state index in [1.165, 1.54) is 0 Å². The number of nitrogens with two attached hydrogens (primary N) is 1. The molecule has 0 saturated carbocycles. The number of carbonyl (C=O) groups is 2. The lowest BCUT2D eigenvalue weighted by molar-refractivity contribution is -0.180. The molecule has 0 aliphatic heterocycles. The number of nitrogens with zero attached hydrogens (tertiary/aromatic N) is 1. The summed E-state index contributed by atoms with van der Waals surface area (Å²) in [5.74, 6) is -0.0359. The number of ether oxygens (including phenoxy) is 2. The van der Waals surface area contributed by atoms with E-state index in [9.17, 15) is 19.9 Å². The van der Waals surface area contributed by atoms with Gasteiger partial charge < -0.3 is 25.6 Å². The fraction of sp³-hybridized carbons (Fsp3) is 0.692. The van der Waals surface area contributed by atoms with E-state index in [1.807, 2.05) is 19.9 Å². The summed E-state index contributed by atoms with van der Waals surface area (Å²) in [4.78, 5) is 25.1. The van der Waals surface area contributed by atoms with E-state index >= 15 is 0 Å². The number of para-hydroxylation sites is 1. The number of aliphatic hydroxyl groups excluding tert-OH is 1. The maximum absolute atomic E-state index is 12.9. The summed E-state index contributed by atoms with van der Waals surface area (Å²) >= 11 is 0. The van der Waals surface area contributed by atoms with Gasteiger partial charge in [0.2, 0.25) is 0 Å². The summed E-state index contributed by atoms with van der Waals surface area (Å²) in [6.45, 7) is 10.4. The number of benzene rings is 1. The van der Waals surface area contributed by atoms with Gasteiger partial charge in [0.25, 0.3) is 11.8 Å². The fourth-order valence-electron chi connectivity index (χ4n) is 3.51. The largest absolute Gasteiger partial charge is 0.493 e. The van der Waals surface area contributed by atoms with Crippen molar-refractivity contribution in [2.45, 2.75) is 66.0 Å². The summed E-state index contributed by atoms with van der Waals surface area (Å²) in [6, 6.07) is 6.44. The Hall–Kier alpha value is -2.20. The number of carbonyl (C=O) groups excluding carboxylic acids is 2. The molecule has 0 spiro atoms. The number of hydroxylamine groups is 2. The fourth-order valence-corrected chi connectivity index (χ4v) is 3.51. The third-order valence-corrected chi connectivity index (χ3v) is 5.90. The second-order valence-electron chi connectivity index (χ2n) is 10.4. The molecule has 0 heterocycles. The van der Waals surface area contributed by atoms with E-state index in [1.54, 1.807) is 46.1 Å². The summed E-state index contributed by atoms with van der Waals surface area (Å²) in [5.41, 5.74) is 5.89. The Kier molecular flexibility index (Phi) is 13.2. The Morgan fingerprint density at radius 2 is 1.77 bits per heavy atom. The molecule has 0 aliphatic rings. The van der Waals surface area contributed by atoms with Gasteiger partial charge in [-0.1, -0.05) is 46.8 Å². The Morgan fingerprint density at radius 3 is 2.37 bits per heavy atom. The minimum Gasteiger partial charge on any atom is -0.493 e. The van der Waals surface area contributed by atoms with Crippen LogP contribution in [0.2, 0.25) is 0 Å². The number of nitrogens with one attached hydrogen (secondary N) is 1. The molecule has 0 saturated heterocycles. The highest BCUT2D eigenvalue weighted by molar-refractivity contribution is 5.96. The van der Waals surface area contributed by atoms with Crippen LogP contribution in [0.1, 0.15) is 64.2 Å². The highest BCUT2D eigenvalue weighted by atomic mass is 16.5. The number of methoxy groups -OCH3 is 1. The molecule has 1 rings (SSSR count). The van der Waals surface area contributed by atoms with Gasteiger partial charge in [0.1, 0.15) is 5.75 Å². The van der Waals surface area contributed by atoms with E-state index in [4.69, 9.17) is 15.2 Å². The molecular weight excluding hydrogens is 450 g/mol. The van der Waals surface area contributed by atoms with Crippen molar-refractivity contribution >= 4 is 11.8 Å². The average molecular weight is 496 g/mol. The summed E-state index contributed by atoms with van der Waals surface area (Å²) in [7, 11) is 1.66. The third-order valence-electron chi connectivity index (χ3n) is 5.90. The van der Waals surface area contributed by atoms with Crippen LogP contribution in [0.3, 0.4) is 0 Å². The highest BCUT2D eigenvalue weighted by Gasteiger charge is 2.30. The van der Waals surface area contributed by atoms with E-state index in [2.05, 4.69) is 5.32 Å². The molecule has 9 nitrogen and oxygen atoms in total. The Labute approximate surface area is 209 Å². The van der Waals surface area contributed by atoms with Crippen LogP contribution < -0.4 is 15.8 Å². The van der Waals surface area contributed by atoms with E-state index in [0.29, 0.717) is 42.6 Å². The van der Waals surface area contributed by atoms with Crippen molar-refractivity contribution in [3.05, 3.63) is 29.8 Å². The topological polar surface area (TPSA) is 134 Å². The Balaban J connectivity index is 2.68. The van der Waals surface area contributed by atoms with Crippen molar-refractivity contribution < 1.29 is 29.4 Å². The lowest BCUT2D eigenvalue weighted by atomic mass is 9.87. The van der Waals surface area contributed by atoms with Crippen LogP contribution in [0, 0.1) is 17.3 Å². The Morgan fingerprint density at radius 1 is 1.14 bits per heavy atom. The summed E-state index contributed by atoms with van der Waals surface area (Å²) in [5, 5.41) is 24.0. The average Bonchev–Trinajstić information content (AvgIpc) is 2.80. The molecular formula is C26H45N3O6. The van der Waals surface area contributed by atoms with Gasteiger partial charge in [0, 0.05) is 31.7 Å². The molecule has 200 valence electrons. The number of amides is 2. The lowest BCUT2D eigenvalue weighted by Gasteiger charge is -2.30. The zero-order valence-corrected chi connectivity index (χ0v) is 22.1. The first-order valence-electron chi connectivity index (χ1n) is 12.3. The minimum absolute atomic E-state index is 0.0174.